The Balaban J connectivity index is 2.46. The van der Waals surface area contributed by atoms with Crippen molar-refractivity contribution in [2.75, 3.05) is 34.0 Å². The number of nitrogens with one attached hydrogen (secondary N) is 1. The van der Waals surface area contributed by atoms with Crippen LogP contribution in [0, 0.1) is 11.3 Å². The SMILES string of the molecule is COCC(CNCc1ccccc1OCC#N)OC. The predicted octanol–water partition coefficient (Wildman–Crippen LogP) is 1.34. The zero-order valence-electron chi connectivity index (χ0n) is 11.4. The van der Waals surface area contributed by atoms with Crippen molar-refractivity contribution in [3.63, 3.8) is 0 Å². The van der Waals surface area contributed by atoms with Gasteiger partial charge in [0.25, 0.3) is 0 Å². The maximum atomic E-state index is 8.54. The van der Waals surface area contributed by atoms with E-state index in [-0.39, 0.29) is 12.7 Å². The van der Waals surface area contributed by atoms with Gasteiger partial charge in [0, 0.05) is 32.9 Å². The molecule has 0 aliphatic rings. The zero-order chi connectivity index (χ0) is 13.9. The number of methoxy groups -OCH3 is 2. The van der Waals surface area contributed by atoms with Gasteiger partial charge in [-0.15, -0.1) is 0 Å². The summed E-state index contributed by atoms with van der Waals surface area (Å²) in [6, 6.07) is 9.62. The lowest BCUT2D eigenvalue weighted by Gasteiger charge is -2.16. The second kappa shape index (κ2) is 9.34. The fraction of sp³-hybridized carbons (Fsp3) is 0.500. The summed E-state index contributed by atoms with van der Waals surface area (Å²) < 4.78 is 15.7. The monoisotopic (exact) mass is 264 g/mol. The third-order valence-electron chi connectivity index (χ3n) is 2.64. The second-order valence-corrected chi connectivity index (χ2v) is 4.00. The van der Waals surface area contributed by atoms with Crippen LogP contribution in [0.3, 0.4) is 0 Å². The molecule has 0 saturated carbocycles. The molecule has 1 aromatic rings. The largest absolute Gasteiger partial charge is 0.478 e. The first-order valence-electron chi connectivity index (χ1n) is 6.12. The summed E-state index contributed by atoms with van der Waals surface area (Å²) in [5, 5.41) is 11.8. The highest BCUT2D eigenvalue weighted by molar-refractivity contribution is 5.33. The van der Waals surface area contributed by atoms with Crippen LogP contribution in [-0.2, 0) is 16.0 Å². The van der Waals surface area contributed by atoms with Gasteiger partial charge in [0.2, 0.25) is 0 Å². The molecule has 1 rings (SSSR count). The summed E-state index contributed by atoms with van der Waals surface area (Å²) in [4.78, 5) is 0. The smallest absolute Gasteiger partial charge is 0.174 e. The molecule has 0 saturated heterocycles. The molecule has 0 radical (unpaired) electrons. The highest BCUT2D eigenvalue weighted by Gasteiger charge is 2.07. The Morgan fingerprint density at radius 2 is 2.11 bits per heavy atom. The first-order valence-corrected chi connectivity index (χ1v) is 6.12. The Morgan fingerprint density at radius 3 is 2.79 bits per heavy atom. The standard InChI is InChI=1S/C14H20N2O3/c1-17-11-13(18-2)10-16-9-12-5-3-4-6-14(12)19-8-7-15/h3-6,13,16H,8-11H2,1-2H3. The molecule has 0 aliphatic heterocycles. The van der Waals surface area contributed by atoms with Crippen LogP contribution in [0.15, 0.2) is 24.3 Å². The molecule has 5 nitrogen and oxygen atoms in total. The van der Waals surface area contributed by atoms with Crippen LogP contribution in [0.5, 0.6) is 5.75 Å². The number of rotatable bonds is 9. The van der Waals surface area contributed by atoms with Crippen LogP contribution in [0.4, 0.5) is 0 Å². The molecule has 1 atom stereocenters. The molecule has 0 fully saturated rings. The maximum Gasteiger partial charge on any atom is 0.174 e. The van der Waals surface area contributed by atoms with Crippen molar-refractivity contribution in [2.45, 2.75) is 12.6 Å². The van der Waals surface area contributed by atoms with E-state index in [9.17, 15) is 0 Å². The summed E-state index contributed by atoms with van der Waals surface area (Å²) in [5.41, 5.74) is 1.02. The van der Waals surface area contributed by atoms with Gasteiger partial charge in [0.05, 0.1) is 12.7 Å². The number of ether oxygens (including phenoxy) is 3. The zero-order valence-corrected chi connectivity index (χ0v) is 11.4. The predicted molar refractivity (Wildman–Crippen MR) is 71.9 cm³/mol. The number of nitrogens with zero attached hydrogens (tertiary/aromatic N) is 1. The highest BCUT2D eigenvalue weighted by atomic mass is 16.5. The topological polar surface area (TPSA) is 63.5 Å². The van der Waals surface area contributed by atoms with Crippen LogP contribution in [0.2, 0.25) is 0 Å². The summed E-state index contributed by atoms with van der Waals surface area (Å²) in [5.74, 6) is 0.734. The number of benzene rings is 1. The highest BCUT2D eigenvalue weighted by Crippen LogP contribution is 2.17. The van der Waals surface area contributed by atoms with Gasteiger partial charge in [-0.1, -0.05) is 18.2 Å². The third kappa shape index (κ3) is 5.71. The Bertz CT molecular complexity index is 404. The van der Waals surface area contributed by atoms with Crippen LogP contribution in [0.1, 0.15) is 5.56 Å². The van der Waals surface area contributed by atoms with Gasteiger partial charge in [0.15, 0.2) is 6.61 Å². The molecule has 19 heavy (non-hydrogen) atoms. The minimum atomic E-state index is 0.0252. The van der Waals surface area contributed by atoms with E-state index in [0.29, 0.717) is 19.7 Å². The van der Waals surface area contributed by atoms with E-state index >= 15 is 0 Å². The van der Waals surface area contributed by atoms with Crippen molar-refractivity contribution in [2.24, 2.45) is 0 Å². The Morgan fingerprint density at radius 1 is 1.32 bits per heavy atom. The minimum absolute atomic E-state index is 0.0252. The minimum Gasteiger partial charge on any atom is -0.478 e. The van der Waals surface area contributed by atoms with Crippen molar-refractivity contribution in [3.05, 3.63) is 29.8 Å². The van der Waals surface area contributed by atoms with Crippen molar-refractivity contribution < 1.29 is 14.2 Å². The quantitative estimate of drug-likeness (QED) is 0.729. The molecule has 0 amide bonds. The molecule has 0 bridgehead atoms. The van der Waals surface area contributed by atoms with E-state index in [0.717, 1.165) is 11.3 Å². The van der Waals surface area contributed by atoms with Gasteiger partial charge in [0.1, 0.15) is 11.8 Å². The number of nitriles is 1. The number of hydrogen-bond acceptors (Lipinski definition) is 5. The van der Waals surface area contributed by atoms with E-state index in [4.69, 9.17) is 19.5 Å². The van der Waals surface area contributed by atoms with Gasteiger partial charge < -0.3 is 19.5 Å². The van der Waals surface area contributed by atoms with Crippen molar-refractivity contribution >= 4 is 0 Å². The van der Waals surface area contributed by atoms with Crippen LogP contribution in [0.25, 0.3) is 0 Å². The van der Waals surface area contributed by atoms with E-state index in [1.165, 1.54) is 0 Å². The van der Waals surface area contributed by atoms with Gasteiger partial charge >= 0.3 is 0 Å². The van der Waals surface area contributed by atoms with Gasteiger partial charge in [-0.2, -0.15) is 5.26 Å². The molecule has 1 aromatic carbocycles. The van der Waals surface area contributed by atoms with E-state index in [1.54, 1.807) is 14.2 Å². The molecule has 1 N–H and O–H groups in total. The summed E-state index contributed by atoms with van der Waals surface area (Å²) in [6.07, 6.45) is 0.0252. The Hall–Kier alpha value is -1.61. The van der Waals surface area contributed by atoms with Crippen molar-refractivity contribution in [1.82, 2.24) is 5.32 Å². The van der Waals surface area contributed by atoms with Crippen LogP contribution >= 0.6 is 0 Å². The van der Waals surface area contributed by atoms with Gasteiger partial charge in [-0.05, 0) is 6.07 Å². The average Bonchev–Trinajstić information content (AvgIpc) is 2.45. The summed E-state index contributed by atoms with van der Waals surface area (Å²) >= 11 is 0. The molecule has 1 unspecified atom stereocenters. The molecular weight excluding hydrogens is 244 g/mol. The first kappa shape index (κ1) is 15.4. The lowest BCUT2D eigenvalue weighted by Crippen LogP contribution is -2.31. The van der Waals surface area contributed by atoms with Crippen molar-refractivity contribution in [3.8, 4) is 11.8 Å². The molecule has 104 valence electrons. The third-order valence-corrected chi connectivity index (χ3v) is 2.64. The number of para-hydroxylation sites is 1. The fourth-order valence-corrected chi connectivity index (χ4v) is 1.66. The molecule has 0 spiro atoms. The van der Waals surface area contributed by atoms with E-state index in [2.05, 4.69) is 5.32 Å². The Labute approximate surface area is 114 Å². The molecular formula is C14H20N2O3. The number of hydrogen-bond donors (Lipinski definition) is 1. The average molecular weight is 264 g/mol. The Kier molecular flexibility index (Phi) is 7.59. The van der Waals surface area contributed by atoms with Crippen molar-refractivity contribution in [1.29, 1.82) is 5.26 Å². The first-order chi connectivity index (χ1) is 9.31. The lowest BCUT2D eigenvalue weighted by molar-refractivity contribution is 0.0287. The maximum absolute atomic E-state index is 8.54. The van der Waals surface area contributed by atoms with E-state index < -0.39 is 0 Å². The van der Waals surface area contributed by atoms with Crippen LogP contribution < -0.4 is 10.1 Å². The molecule has 0 aromatic heterocycles. The van der Waals surface area contributed by atoms with E-state index in [1.807, 2.05) is 30.3 Å². The molecule has 0 heterocycles. The normalized spacial score (nSPS) is 11.8. The van der Waals surface area contributed by atoms with Gasteiger partial charge in [-0.25, -0.2) is 0 Å². The fourth-order valence-electron chi connectivity index (χ4n) is 1.66. The lowest BCUT2D eigenvalue weighted by atomic mass is 10.2. The summed E-state index contributed by atoms with van der Waals surface area (Å²) in [6.45, 7) is 1.96. The summed E-state index contributed by atoms with van der Waals surface area (Å²) in [7, 11) is 3.31. The molecule has 0 aliphatic carbocycles. The van der Waals surface area contributed by atoms with Crippen LogP contribution in [-0.4, -0.2) is 40.1 Å². The van der Waals surface area contributed by atoms with Gasteiger partial charge in [-0.3, -0.25) is 0 Å². The second-order valence-electron chi connectivity index (χ2n) is 4.00. The molecule has 5 heteroatoms.